The summed E-state index contributed by atoms with van der Waals surface area (Å²) in [5.41, 5.74) is 12.4. The second-order valence-corrected chi connectivity index (χ2v) is 11.0. The van der Waals surface area contributed by atoms with Gasteiger partial charge in [-0.25, -0.2) is 9.59 Å². The fourth-order valence-corrected chi connectivity index (χ4v) is 4.98. The second-order valence-electron chi connectivity index (χ2n) is 11.0. The Morgan fingerprint density at radius 2 is 1.74 bits per heavy atom. The lowest BCUT2D eigenvalue weighted by atomic mass is 10.0. The highest BCUT2D eigenvalue weighted by atomic mass is 16.2. The van der Waals surface area contributed by atoms with Crippen molar-refractivity contribution in [2.24, 2.45) is 17.4 Å². The van der Waals surface area contributed by atoms with E-state index < -0.39 is 11.2 Å². The van der Waals surface area contributed by atoms with Crippen molar-refractivity contribution in [1.29, 1.82) is 0 Å². The predicted molar refractivity (Wildman–Crippen MR) is 147 cm³/mol. The van der Waals surface area contributed by atoms with Crippen LogP contribution in [-0.2, 0) is 11.2 Å². The van der Waals surface area contributed by atoms with Gasteiger partial charge < -0.3 is 26.2 Å². The van der Waals surface area contributed by atoms with Crippen LogP contribution in [0, 0.1) is 5.92 Å². The number of benzene rings is 1. The summed E-state index contributed by atoms with van der Waals surface area (Å²) in [6.45, 7) is 10.1. The number of hydrogen-bond donors (Lipinski definition) is 3. The third kappa shape index (κ3) is 6.77. The van der Waals surface area contributed by atoms with Crippen LogP contribution in [0.15, 0.2) is 41.3 Å². The number of nitrogens with zero attached hydrogens (tertiary/aromatic N) is 5. The molecule has 2 aliphatic rings. The molecule has 2 unspecified atom stereocenters. The van der Waals surface area contributed by atoms with Crippen molar-refractivity contribution < 1.29 is 9.59 Å². The molecule has 4 rings (SSSR count). The van der Waals surface area contributed by atoms with Gasteiger partial charge in [-0.3, -0.25) is 14.7 Å². The largest absolute Gasteiger partial charge is 0.354 e. The number of piperazine rings is 1. The summed E-state index contributed by atoms with van der Waals surface area (Å²) in [5.74, 6) is 0.623. The Balaban J connectivity index is 1.29. The highest BCUT2D eigenvalue weighted by Crippen LogP contribution is 2.19. The van der Waals surface area contributed by atoms with Crippen LogP contribution in [0.4, 0.5) is 10.6 Å². The lowest BCUT2D eigenvalue weighted by Crippen LogP contribution is -2.58. The number of hydrogen-bond acceptors (Lipinski definition) is 7. The summed E-state index contributed by atoms with van der Waals surface area (Å²) in [6, 6.07) is 9.38. The highest BCUT2D eigenvalue weighted by Gasteiger charge is 2.31. The van der Waals surface area contributed by atoms with Gasteiger partial charge in [-0.2, -0.15) is 4.98 Å². The van der Waals surface area contributed by atoms with Gasteiger partial charge in [0, 0.05) is 51.5 Å². The molecule has 0 aliphatic carbocycles. The van der Waals surface area contributed by atoms with Gasteiger partial charge in [0.2, 0.25) is 5.91 Å². The molecule has 2 aliphatic heterocycles. The van der Waals surface area contributed by atoms with Crippen LogP contribution >= 0.6 is 0 Å². The number of rotatable bonds is 7. The number of aromatic nitrogens is 2. The Morgan fingerprint density at radius 3 is 2.32 bits per heavy atom. The lowest BCUT2D eigenvalue weighted by molar-refractivity contribution is -0.137. The van der Waals surface area contributed by atoms with Crippen molar-refractivity contribution in [2.75, 3.05) is 51.1 Å². The molecule has 0 saturated carbocycles. The molecule has 5 N–H and O–H groups in total. The molecule has 11 heteroatoms. The predicted octanol–water partition coefficient (Wildman–Crippen LogP) is 0.858. The SMILES string of the molecule is CC(N)C1CCN(CCc2ccc(-n3ccc(NC(=O)N4CCN(C(=O)C(C)(C)N)CC4)nc3=O)cc2)C1. The van der Waals surface area contributed by atoms with E-state index in [-0.39, 0.29) is 23.8 Å². The third-order valence-corrected chi connectivity index (χ3v) is 7.43. The fourth-order valence-electron chi connectivity index (χ4n) is 4.98. The van der Waals surface area contributed by atoms with Crippen LogP contribution in [0.1, 0.15) is 32.8 Å². The zero-order valence-electron chi connectivity index (χ0n) is 22.6. The van der Waals surface area contributed by atoms with Crippen LogP contribution in [-0.4, -0.2) is 93.6 Å². The molecule has 38 heavy (non-hydrogen) atoms. The molecule has 0 radical (unpaired) electrons. The van der Waals surface area contributed by atoms with E-state index in [1.54, 1.807) is 35.9 Å². The first-order valence-electron chi connectivity index (χ1n) is 13.3. The van der Waals surface area contributed by atoms with Gasteiger partial charge in [0.25, 0.3) is 0 Å². The molecular formula is C27H40N8O3. The normalized spacial score (nSPS) is 19.4. The zero-order valence-corrected chi connectivity index (χ0v) is 22.6. The van der Waals surface area contributed by atoms with Crippen molar-refractivity contribution >= 4 is 17.8 Å². The number of carbonyl (C=O) groups excluding carboxylic acids is 2. The van der Waals surface area contributed by atoms with E-state index in [0.29, 0.717) is 37.8 Å². The van der Waals surface area contributed by atoms with Crippen LogP contribution in [0.3, 0.4) is 0 Å². The van der Waals surface area contributed by atoms with E-state index in [1.165, 1.54) is 10.1 Å². The molecule has 2 fully saturated rings. The molecule has 0 bridgehead atoms. The first kappa shape index (κ1) is 27.7. The third-order valence-electron chi connectivity index (χ3n) is 7.43. The fraction of sp³-hybridized carbons (Fsp3) is 0.556. The molecule has 3 amide bonds. The Kier molecular flexibility index (Phi) is 8.49. The Labute approximate surface area is 223 Å². The van der Waals surface area contributed by atoms with E-state index in [9.17, 15) is 14.4 Å². The first-order valence-corrected chi connectivity index (χ1v) is 13.3. The second kappa shape index (κ2) is 11.6. The maximum atomic E-state index is 12.7. The van der Waals surface area contributed by atoms with Gasteiger partial charge in [-0.15, -0.1) is 0 Å². The Morgan fingerprint density at radius 1 is 1.08 bits per heavy atom. The minimum Gasteiger partial charge on any atom is -0.338 e. The number of likely N-dealkylation sites (tertiary alicyclic amines) is 1. The molecule has 2 saturated heterocycles. The summed E-state index contributed by atoms with van der Waals surface area (Å²) < 4.78 is 1.45. The molecule has 11 nitrogen and oxygen atoms in total. The van der Waals surface area contributed by atoms with Crippen molar-refractivity contribution in [1.82, 2.24) is 24.3 Å². The van der Waals surface area contributed by atoms with Crippen molar-refractivity contribution in [2.45, 2.75) is 45.2 Å². The van der Waals surface area contributed by atoms with Gasteiger partial charge >= 0.3 is 11.7 Å². The summed E-state index contributed by atoms with van der Waals surface area (Å²) in [4.78, 5) is 47.5. The molecule has 206 valence electrons. The van der Waals surface area contributed by atoms with Gasteiger partial charge in [-0.05, 0) is 69.8 Å². The van der Waals surface area contributed by atoms with Gasteiger partial charge in [0.1, 0.15) is 5.82 Å². The standard InChI is InChI=1S/C27H40N8O3/c1-19(28)21-9-12-32(18-21)11-8-20-4-6-22(7-5-20)35-13-10-23(31-26(35)38)30-25(37)34-16-14-33(15-17-34)24(36)27(2,3)29/h4-7,10,13,19,21H,8-9,11-12,14-18,28-29H2,1-3H3,(H,30,31,37,38). The Bertz CT molecular complexity index is 1180. The van der Waals surface area contributed by atoms with Crippen molar-refractivity contribution in [3.05, 3.63) is 52.6 Å². The van der Waals surface area contributed by atoms with Crippen LogP contribution < -0.4 is 22.5 Å². The van der Waals surface area contributed by atoms with Gasteiger partial charge in [0.15, 0.2) is 0 Å². The van der Waals surface area contributed by atoms with Gasteiger partial charge in [0.05, 0.1) is 11.2 Å². The Hall–Kier alpha value is -3.28. The molecule has 3 heterocycles. The average Bonchev–Trinajstić information content (AvgIpc) is 3.37. The number of carbonyl (C=O) groups is 2. The number of anilines is 1. The van der Waals surface area contributed by atoms with Crippen LogP contribution in [0.2, 0.25) is 0 Å². The van der Waals surface area contributed by atoms with Crippen molar-refractivity contribution in [3.63, 3.8) is 0 Å². The first-order chi connectivity index (χ1) is 18.0. The van der Waals surface area contributed by atoms with Crippen LogP contribution in [0.5, 0.6) is 0 Å². The average molecular weight is 525 g/mol. The summed E-state index contributed by atoms with van der Waals surface area (Å²) >= 11 is 0. The van der Waals surface area contributed by atoms with Gasteiger partial charge in [-0.1, -0.05) is 12.1 Å². The minimum absolute atomic E-state index is 0.141. The smallest absolute Gasteiger partial charge is 0.338 e. The maximum Gasteiger partial charge on any atom is 0.354 e. The molecule has 2 aromatic rings. The molecular weight excluding hydrogens is 484 g/mol. The molecule has 2 atom stereocenters. The van der Waals surface area contributed by atoms with E-state index in [0.717, 1.165) is 32.5 Å². The van der Waals surface area contributed by atoms with E-state index in [4.69, 9.17) is 11.5 Å². The zero-order chi connectivity index (χ0) is 27.4. The molecule has 1 aromatic carbocycles. The van der Waals surface area contributed by atoms with Crippen LogP contribution in [0.25, 0.3) is 5.69 Å². The number of urea groups is 1. The summed E-state index contributed by atoms with van der Waals surface area (Å²) in [5, 5.41) is 2.69. The van der Waals surface area contributed by atoms with E-state index in [1.807, 2.05) is 24.3 Å². The van der Waals surface area contributed by atoms with E-state index >= 15 is 0 Å². The summed E-state index contributed by atoms with van der Waals surface area (Å²) in [6.07, 6.45) is 3.71. The maximum absolute atomic E-state index is 12.7. The lowest BCUT2D eigenvalue weighted by Gasteiger charge is -2.37. The topological polar surface area (TPSA) is 143 Å². The van der Waals surface area contributed by atoms with Crippen molar-refractivity contribution in [3.8, 4) is 5.69 Å². The van der Waals surface area contributed by atoms with E-state index in [2.05, 4.69) is 22.1 Å². The molecule has 0 spiro atoms. The monoisotopic (exact) mass is 524 g/mol. The highest BCUT2D eigenvalue weighted by molar-refractivity contribution is 5.89. The summed E-state index contributed by atoms with van der Waals surface area (Å²) in [7, 11) is 0. The minimum atomic E-state index is -0.945. The number of amides is 3. The number of nitrogens with one attached hydrogen (secondary N) is 1. The quantitative estimate of drug-likeness (QED) is 0.487. The molecule has 1 aromatic heterocycles. The number of nitrogens with two attached hydrogens (primary N) is 2.